The van der Waals surface area contributed by atoms with Crippen LogP contribution in [0.1, 0.15) is 65.2 Å². The fourth-order valence-corrected chi connectivity index (χ4v) is 3.27. The van der Waals surface area contributed by atoms with Crippen LogP contribution in [0.25, 0.3) is 0 Å². The molecule has 0 aromatic rings. The summed E-state index contributed by atoms with van der Waals surface area (Å²) in [7, 11) is -4.95. The van der Waals surface area contributed by atoms with Crippen molar-refractivity contribution in [3.05, 3.63) is 12.2 Å². The quantitative estimate of drug-likeness (QED) is 0.198. The first-order valence-corrected chi connectivity index (χ1v) is 9.93. The molecule has 8 heteroatoms. The summed E-state index contributed by atoms with van der Waals surface area (Å²) in [5, 5.41) is 9.12. The highest BCUT2D eigenvalue weighted by atomic mass is 31.2. The number of carbonyl (C=O) groups excluding carboxylic acids is 1. The maximum absolute atomic E-state index is 11.6. The molecule has 0 rings (SSSR count). The molecule has 0 aliphatic carbocycles. The second-order valence-electron chi connectivity index (χ2n) is 6.01. The minimum atomic E-state index is -4.95. The van der Waals surface area contributed by atoms with Gasteiger partial charge in [-0.2, -0.15) is 0 Å². The third-order valence-corrected chi connectivity index (χ3v) is 4.94. The SMILES string of the molecule is C=C(C)C(=O)OC(CCCCCCCCC)C(C(=O)O)P(=O)(O)O. The summed E-state index contributed by atoms with van der Waals surface area (Å²) in [6.07, 6.45) is 5.49. The number of ether oxygens (including phenoxy) is 1. The van der Waals surface area contributed by atoms with Gasteiger partial charge < -0.3 is 19.6 Å². The number of carbonyl (C=O) groups is 2. The highest BCUT2D eigenvalue weighted by molar-refractivity contribution is 7.53. The molecule has 0 aliphatic heterocycles. The van der Waals surface area contributed by atoms with Crippen molar-refractivity contribution in [3.8, 4) is 0 Å². The van der Waals surface area contributed by atoms with Crippen LogP contribution in [0.15, 0.2) is 12.2 Å². The molecule has 24 heavy (non-hydrogen) atoms. The fourth-order valence-electron chi connectivity index (χ4n) is 2.34. The number of esters is 1. The maximum Gasteiger partial charge on any atom is 0.343 e. The van der Waals surface area contributed by atoms with Gasteiger partial charge in [-0.25, -0.2) is 4.79 Å². The van der Waals surface area contributed by atoms with Gasteiger partial charge in [-0.3, -0.25) is 9.36 Å². The standard InChI is InChI=1S/C16H29O7P/c1-4-5-6-7-8-9-10-11-13(23-16(19)12(2)3)14(15(17)18)24(20,21)22/h13-14H,2,4-11H2,1,3H3,(H,17,18)(H2,20,21,22). The van der Waals surface area contributed by atoms with E-state index in [0.29, 0.717) is 6.42 Å². The molecule has 140 valence electrons. The Morgan fingerprint density at radius 2 is 1.58 bits per heavy atom. The largest absolute Gasteiger partial charge is 0.480 e. The lowest BCUT2D eigenvalue weighted by atomic mass is 10.0. The van der Waals surface area contributed by atoms with Gasteiger partial charge in [0.05, 0.1) is 0 Å². The van der Waals surface area contributed by atoms with Crippen LogP contribution in [0.4, 0.5) is 0 Å². The van der Waals surface area contributed by atoms with Crippen LogP contribution in [-0.4, -0.2) is 38.6 Å². The van der Waals surface area contributed by atoms with Gasteiger partial charge >= 0.3 is 19.5 Å². The molecule has 2 atom stereocenters. The van der Waals surface area contributed by atoms with Crippen LogP contribution >= 0.6 is 7.60 Å². The molecule has 0 saturated heterocycles. The minimum absolute atomic E-state index is 0.0504. The molecule has 3 N–H and O–H groups in total. The Morgan fingerprint density at radius 1 is 1.08 bits per heavy atom. The van der Waals surface area contributed by atoms with Crippen molar-refractivity contribution in [1.82, 2.24) is 0 Å². The zero-order valence-corrected chi connectivity index (χ0v) is 15.3. The maximum atomic E-state index is 11.6. The number of unbranched alkanes of at least 4 members (excludes halogenated alkanes) is 6. The number of hydrogen-bond donors (Lipinski definition) is 3. The van der Waals surface area contributed by atoms with Crippen LogP contribution in [0.2, 0.25) is 0 Å². The monoisotopic (exact) mass is 364 g/mol. The van der Waals surface area contributed by atoms with E-state index in [0.717, 1.165) is 38.5 Å². The van der Waals surface area contributed by atoms with E-state index in [-0.39, 0.29) is 12.0 Å². The molecule has 2 unspecified atom stereocenters. The van der Waals surface area contributed by atoms with Gasteiger partial charge in [0.2, 0.25) is 0 Å². The summed E-state index contributed by atoms with van der Waals surface area (Å²) in [5.41, 5.74) is -2.00. The lowest BCUT2D eigenvalue weighted by molar-refractivity contribution is -0.149. The number of hydrogen-bond acceptors (Lipinski definition) is 4. The molecule has 0 spiro atoms. The van der Waals surface area contributed by atoms with Crippen molar-refractivity contribution in [2.24, 2.45) is 0 Å². The first-order valence-electron chi connectivity index (χ1n) is 8.25. The third kappa shape index (κ3) is 9.21. The fraction of sp³-hybridized carbons (Fsp3) is 0.750. The van der Waals surface area contributed by atoms with Crippen LogP contribution in [0.3, 0.4) is 0 Å². The van der Waals surface area contributed by atoms with Gasteiger partial charge in [0.1, 0.15) is 6.10 Å². The summed E-state index contributed by atoms with van der Waals surface area (Å²) in [5.74, 6) is -2.52. The normalized spacial score (nSPS) is 14.0. The van der Waals surface area contributed by atoms with Crippen molar-refractivity contribution in [3.63, 3.8) is 0 Å². The van der Waals surface area contributed by atoms with Gasteiger partial charge in [-0.05, 0) is 19.8 Å². The number of rotatable bonds is 13. The highest BCUT2D eigenvalue weighted by Gasteiger charge is 2.44. The summed E-state index contributed by atoms with van der Waals surface area (Å²) < 4.78 is 16.5. The Labute approximate surface area is 143 Å². The highest BCUT2D eigenvalue weighted by Crippen LogP contribution is 2.45. The van der Waals surface area contributed by atoms with Gasteiger partial charge in [0.15, 0.2) is 5.66 Å². The summed E-state index contributed by atoms with van der Waals surface area (Å²) >= 11 is 0. The van der Waals surface area contributed by atoms with Crippen LogP contribution in [0, 0.1) is 0 Å². The average molecular weight is 364 g/mol. The van der Waals surface area contributed by atoms with Gasteiger partial charge in [0.25, 0.3) is 0 Å². The van der Waals surface area contributed by atoms with E-state index in [1.165, 1.54) is 6.92 Å². The second-order valence-corrected chi connectivity index (χ2v) is 7.74. The predicted octanol–water partition coefficient (Wildman–Crippen LogP) is 3.25. The predicted molar refractivity (Wildman–Crippen MR) is 90.8 cm³/mol. The van der Waals surface area contributed by atoms with E-state index >= 15 is 0 Å². The van der Waals surface area contributed by atoms with Crippen molar-refractivity contribution in [1.29, 1.82) is 0 Å². The first-order chi connectivity index (χ1) is 11.1. The smallest absolute Gasteiger partial charge is 0.343 e. The Kier molecular flexibility index (Phi) is 10.8. The molecule has 0 radical (unpaired) electrons. The van der Waals surface area contributed by atoms with Gasteiger partial charge in [-0.1, -0.05) is 52.0 Å². The van der Waals surface area contributed by atoms with Crippen molar-refractivity contribution < 1.29 is 33.8 Å². The third-order valence-electron chi connectivity index (χ3n) is 3.67. The molecule has 0 saturated carbocycles. The Hall–Kier alpha value is -1.17. The Morgan fingerprint density at radius 3 is 2.00 bits per heavy atom. The van der Waals surface area contributed by atoms with Crippen LogP contribution in [0.5, 0.6) is 0 Å². The minimum Gasteiger partial charge on any atom is -0.480 e. The zero-order valence-electron chi connectivity index (χ0n) is 14.4. The van der Waals surface area contributed by atoms with Crippen molar-refractivity contribution in [2.45, 2.75) is 77.0 Å². The van der Waals surface area contributed by atoms with Crippen LogP contribution < -0.4 is 0 Å². The summed E-state index contributed by atoms with van der Waals surface area (Å²) in [6, 6.07) is 0. The zero-order chi connectivity index (χ0) is 18.8. The molecule has 7 nitrogen and oxygen atoms in total. The molecule has 0 aromatic carbocycles. The number of carboxylic acid groups (broad SMARTS) is 1. The van der Waals surface area contributed by atoms with Gasteiger partial charge in [0, 0.05) is 5.57 Å². The molecule has 0 amide bonds. The second kappa shape index (κ2) is 11.4. The molecule has 0 fully saturated rings. The van der Waals surface area contributed by atoms with Crippen molar-refractivity contribution in [2.75, 3.05) is 0 Å². The van der Waals surface area contributed by atoms with E-state index in [2.05, 4.69) is 13.5 Å². The molecule has 0 heterocycles. The summed E-state index contributed by atoms with van der Waals surface area (Å²) in [6.45, 7) is 6.91. The average Bonchev–Trinajstić information content (AvgIpc) is 2.43. The molecular formula is C16H29O7P. The molecular weight excluding hydrogens is 335 g/mol. The topological polar surface area (TPSA) is 121 Å². The van der Waals surface area contributed by atoms with E-state index in [4.69, 9.17) is 9.84 Å². The van der Waals surface area contributed by atoms with E-state index in [1.807, 2.05) is 0 Å². The molecule has 0 aliphatic rings. The van der Waals surface area contributed by atoms with E-state index in [9.17, 15) is 23.9 Å². The lowest BCUT2D eigenvalue weighted by Gasteiger charge is -2.24. The number of carboxylic acids is 1. The Balaban J connectivity index is 4.75. The van der Waals surface area contributed by atoms with E-state index in [1.54, 1.807) is 0 Å². The number of aliphatic carboxylic acids is 1. The Bertz CT molecular complexity index is 469. The van der Waals surface area contributed by atoms with Crippen molar-refractivity contribution >= 4 is 19.5 Å². The first kappa shape index (κ1) is 22.8. The van der Waals surface area contributed by atoms with E-state index < -0.39 is 31.3 Å². The summed E-state index contributed by atoms with van der Waals surface area (Å²) in [4.78, 5) is 41.5. The van der Waals surface area contributed by atoms with Gasteiger partial charge in [-0.15, -0.1) is 0 Å². The molecule has 0 aromatic heterocycles. The molecule has 0 bridgehead atoms. The lowest BCUT2D eigenvalue weighted by Crippen LogP contribution is -2.37. The van der Waals surface area contributed by atoms with Crippen LogP contribution in [-0.2, 0) is 18.9 Å².